The van der Waals surface area contributed by atoms with Gasteiger partial charge in [-0.2, -0.15) is 0 Å². The van der Waals surface area contributed by atoms with Crippen molar-refractivity contribution < 1.29 is 4.79 Å². The summed E-state index contributed by atoms with van der Waals surface area (Å²) in [6, 6.07) is 0. The number of carbonyl (C=O) groups is 1. The molecular formula is C16H33Cl2N3O. The quantitative estimate of drug-likeness (QED) is 0.825. The molecule has 0 spiro atoms. The molecule has 2 aliphatic rings. The summed E-state index contributed by atoms with van der Waals surface area (Å²) in [5.74, 6) is 1.89. The maximum atomic E-state index is 12.1. The van der Waals surface area contributed by atoms with E-state index >= 15 is 0 Å². The van der Waals surface area contributed by atoms with Crippen LogP contribution in [-0.2, 0) is 4.79 Å². The van der Waals surface area contributed by atoms with Crippen molar-refractivity contribution in [2.75, 3.05) is 39.3 Å². The zero-order chi connectivity index (χ0) is 14.4. The van der Waals surface area contributed by atoms with Crippen LogP contribution in [0.2, 0.25) is 0 Å². The van der Waals surface area contributed by atoms with Gasteiger partial charge in [-0.3, -0.25) is 4.79 Å². The Hall–Kier alpha value is -0.0300. The molecule has 0 aromatic carbocycles. The third kappa shape index (κ3) is 7.03. The lowest BCUT2D eigenvalue weighted by Gasteiger charge is -2.38. The Morgan fingerprint density at radius 2 is 1.82 bits per heavy atom. The third-order valence-electron chi connectivity index (χ3n) is 4.86. The van der Waals surface area contributed by atoms with Gasteiger partial charge in [0.2, 0.25) is 5.91 Å². The highest BCUT2D eigenvalue weighted by Crippen LogP contribution is 2.22. The van der Waals surface area contributed by atoms with Crippen LogP contribution in [0.4, 0.5) is 0 Å². The van der Waals surface area contributed by atoms with Crippen LogP contribution in [0.3, 0.4) is 0 Å². The second-order valence-electron chi connectivity index (χ2n) is 6.72. The van der Waals surface area contributed by atoms with Gasteiger partial charge in [-0.1, -0.05) is 6.92 Å². The molecule has 2 fully saturated rings. The standard InChI is InChI=1S/C16H31N3O.2ClH/c1-14-6-10-18(11-7-14)12-15-4-3-9-19(13-15)16(20)5-2-8-17;;/h14-15H,2-13,17H2,1H3;2*1H. The number of hydrogen-bond donors (Lipinski definition) is 1. The number of rotatable bonds is 5. The highest BCUT2D eigenvalue weighted by molar-refractivity contribution is 5.85. The molecule has 4 nitrogen and oxygen atoms in total. The fourth-order valence-corrected chi connectivity index (χ4v) is 3.46. The van der Waals surface area contributed by atoms with Gasteiger partial charge in [0.05, 0.1) is 0 Å². The topological polar surface area (TPSA) is 49.6 Å². The molecule has 0 aromatic heterocycles. The molecule has 1 atom stereocenters. The summed E-state index contributed by atoms with van der Waals surface area (Å²) in [5.41, 5.74) is 5.49. The molecule has 0 saturated carbocycles. The summed E-state index contributed by atoms with van der Waals surface area (Å²) >= 11 is 0. The molecule has 2 heterocycles. The van der Waals surface area contributed by atoms with Crippen LogP contribution >= 0.6 is 24.8 Å². The molecule has 0 aliphatic carbocycles. The van der Waals surface area contributed by atoms with Crippen molar-refractivity contribution in [3.05, 3.63) is 0 Å². The lowest BCUT2D eigenvalue weighted by molar-refractivity contribution is -0.133. The predicted molar refractivity (Wildman–Crippen MR) is 96.9 cm³/mol. The van der Waals surface area contributed by atoms with Gasteiger partial charge < -0.3 is 15.5 Å². The minimum atomic E-state index is 0. The highest BCUT2D eigenvalue weighted by atomic mass is 35.5. The third-order valence-corrected chi connectivity index (χ3v) is 4.86. The Balaban J connectivity index is 0.00000220. The Labute approximate surface area is 148 Å². The van der Waals surface area contributed by atoms with Gasteiger partial charge in [0.1, 0.15) is 0 Å². The van der Waals surface area contributed by atoms with Crippen LogP contribution in [0.15, 0.2) is 0 Å². The van der Waals surface area contributed by atoms with Crippen LogP contribution in [0.25, 0.3) is 0 Å². The van der Waals surface area contributed by atoms with Gasteiger partial charge in [0, 0.05) is 26.1 Å². The molecule has 1 amide bonds. The minimum Gasteiger partial charge on any atom is -0.342 e. The molecule has 132 valence electrons. The Morgan fingerprint density at radius 1 is 1.14 bits per heavy atom. The van der Waals surface area contributed by atoms with Crippen LogP contribution in [0, 0.1) is 11.8 Å². The molecule has 0 radical (unpaired) electrons. The van der Waals surface area contributed by atoms with E-state index in [4.69, 9.17) is 5.73 Å². The fourth-order valence-electron chi connectivity index (χ4n) is 3.46. The zero-order valence-electron chi connectivity index (χ0n) is 13.8. The van der Waals surface area contributed by atoms with E-state index in [1.54, 1.807) is 0 Å². The molecule has 0 bridgehead atoms. The van der Waals surface area contributed by atoms with Crippen molar-refractivity contribution in [2.24, 2.45) is 17.6 Å². The first kappa shape index (κ1) is 22.0. The van der Waals surface area contributed by atoms with E-state index in [1.165, 1.54) is 45.3 Å². The number of hydrogen-bond acceptors (Lipinski definition) is 3. The first-order valence-electron chi connectivity index (χ1n) is 8.39. The Kier molecular flexibility index (Phi) is 11.5. The van der Waals surface area contributed by atoms with Crippen molar-refractivity contribution in [1.29, 1.82) is 0 Å². The van der Waals surface area contributed by atoms with E-state index in [2.05, 4.69) is 16.7 Å². The van der Waals surface area contributed by atoms with Gasteiger partial charge >= 0.3 is 0 Å². The van der Waals surface area contributed by atoms with Crippen LogP contribution < -0.4 is 5.73 Å². The molecule has 2 N–H and O–H groups in total. The van der Waals surface area contributed by atoms with Crippen molar-refractivity contribution in [3.8, 4) is 0 Å². The number of amides is 1. The zero-order valence-corrected chi connectivity index (χ0v) is 15.5. The molecule has 6 heteroatoms. The second-order valence-corrected chi connectivity index (χ2v) is 6.72. The van der Waals surface area contributed by atoms with E-state index in [0.717, 1.165) is 25.4 Å². The maximum absolute atomic E-state index is 12.1. The summed E-state index contributed by atoms with van der Waals surface area (Å²) in [7, 11) is 0. The minimum absolute atomic E-state index is 0. The lowest BCUT2D eigenvalue weighted by Crippen LogP contribution is -2.45. The maximum Gasteiger partial charge on any atom is 0.222 e. The van der Waals surface area contributed by atoms with Crippen LogP contribution in [0.1, 0.15) is 45.4 Å². The first-order chi connectivity index (χ1) is 9.69. The van der Waals surface area contributed by atoms with Crippen molar-refractivity contribution >= 4 is 30.7 Å². The molecule has 2 rings (SSSR count). The number of halogens is 2. The second kappa shape index (κ2) is 11.5. The van der Waals surface area contributed by atoms with E-state index < -0.39 is 0 Å². The van der Waals surface area contributed by atoms with Gasteiger partial charge in [-0.05, 0) is 63.6 Å². The van der Waals surface area contributed by atoms with Gasteiger partial charge in [-0.15, -0.1) is 24.8 Å². The number of nitrogens with two attached hydrogens (primary N) is 1. The molecule has 22 heavy (non-hydrogen) atoms. The van der Waals surface area contributed by atoms with Gasteiger partial charge in [0.25, 0.3) is 0 Å². The summed E-state index contributed by atoms with van der Waals surface area (Å²) in [6.45, 7) is 8.59. The van der Waals surface area contributed by atoms with Crippen LogP contribution in [0.5, 0.6) is 0 Å². The Bertz CT molecular complexity index is 310. The number of nitrogens with zero attached hydrogens (tertiary/aromatic N) is 2. The fraction of sp³-hybridized carbons (Fsp3) is 0.938. The molecular weight excluding hydrogens is 321 g/mol. The summed E-state index contributed by atoms with van der Waals surface area (Å²) in [6.07, 6.45) is 6.59. The van der Waals surface area contributed by atoms with Crippen molar-refractivity contribution in [2.45, 2.75) is 45.4 Å². The normalized spacial score (nSPS) is 23.5. The molecule has 2 saturated heterocycles. The summed E-state index contributed by atoms with van der Waals surface area (Å²) in [4.78, 5) is 16.8. The van der Waals surface area contributed by atoms with E-state index in [1.807, 2.05) is 0 Å². The smallest absolute Gasteiger partial charge is 0.222 e. The predicted octanol–water partition coefficient (Wildman–Crippen LogP) is 2.54. The SMILES string of the molecule is CC1CCN(CC2CCCN(C(=O)CCCN)C2)CC1.Cl.Cl. The first-order valence-corrected chi connectivity index (χ1v) is 8.39. The van der Waals surface area contributed by atoms with Gasteiger partial charge in [-0.25, -0.2) is 0 Å². The Morgan fingerprint density at radius 3 is 2.45 bits per heavy atom. The number of likely N-dealkylation sites (tertiary alicyclic amines) is 2. The van der Waals surface area contributed by atoms with Crippen molar-refractivity contribution in [1.82, 2.24) is 9.80 Å². The molecule has 0 aromatic rings. The van der Waals surface area contributed by atoms with E-state index in [-0.39, 0.29) is 24.8 Å². The highest BCUT2D eigenvalue weighted by Gasteiger charge is 2.26. The summed E-state index contributed by atoms with van der Waals surface area (Å²) in [5, 5.41) is 0. The average Bonchev–Trinajstić information content (AvgIpc) is 2.47. The summed E-state index contributed by atoms with van der Waals surface area (Å²) < 4.78 is 0. The average molecular weight is 354 g/mol. The van der Waals surface area contributed by atoms with Gasteiger partial charge in [0.15, 0.2) is 0 Å². The number of carbonyl (C=O) groups excluding carboxylic acids is 1. The monoisotopic (exact) mass is 353 g/mol. The molecule has 2 aliphatic heterocycles. The van der Waals surface area contributed by atoms with Crippen LogP contribution in [-0.4, -0.2) is 55.0 Å². The lowest BCUT2D eigenvalue weighted by atomic mass is 9.94. The molecule has 1 unspecified atom stereocenters. The largest absolute Gasteiger partial charge is 0.342 e. The van der Waals surface area contributed by atoms with E-state index in [9.17, 15) is 4.79 Å². The van der Waals surface area contributed by atoms with Crippen molar-refractivity contribution in [3.63, 3.8) is 0 Å². The van der Waals surface area contributed by atoms with E-state index in [0.29, 0.717) is 24.8 Å². The number of piperidine rings is 2.